The fourth-order valence-electron chi connectivity index (χ4n) is 3.49. The number of fused-ring (bicyclic) bond motifs is 1. The minimum Gasteiger partial charge on any atom is -0.462 e. The zero-order valence-corrected chi connectivity index (χ0v) is 19.3. The van der Waals surface area contributed by atoms with Crippen molar-refractivity contribution < 1.29 is 27.8 Å². The molecule has 1 aromatic heterocycles. The number of nitrogens with two attached hydrogens (primary N) is 1. The quantitative estimate of drug-likeness (QED) is 0.413. The predicted molar refractivity (Wildman–Crippen MR) is 124 cm³/mol. The summed E-state index contributed by atoms with van der Waals surface area (Å²) < 4.78 is 40.7. The highest BCUT2D eigenvalue weighted by Gasteiger charge is 2.22. The van der Waals surface area contributed by atoms with E-state index < -0.39 is 29.0 Å². The van der Waals surface area contributed by atoms with Gasteiger partial charge in [-0.05, 0) is 38.1 Å². The van der Waals surface area contributed by atoms with E-state index in [0.717, 1.165) is 12.1 Å². The second-order valence-electron chi connectivity index (χ2n) is 7.58. The molecule has 0 spiro atoms. The molecule has 0 fully saturated rings. The fourth-order valence-corrected chi connectivity index (χ4v) is 3.49. The summed E-state index contributed by atoms with van der Waals surface area (Å²) in [6.45, 7) is 4.82. The third kappa shape index (κ3) is 4.70. The van der Waals surface area contributed by atoms with Gasteiger partial charge in [-0.2, -0.15) is 0 Å². The van der Waals surface area contributed by atoms with Crippen LogP contribution < -0.4 is 16.1 Å². The predicted octanol–water partition coefficient (Wildman–Crippen LogP) is 3.55. The molecule has 34 heavy (non-hydrogen) atoms. The van der Waals surface area contributed by atoms with Gasteiger partial charge in [0, 0.05) is 37.7 Å². The Balaban J connectivity index is 2.44. The van der Waals surface area contributed by atoms with Gasteiger partial charge in [0.2, 0.25) is 5.43 Å². The van der Waals surface area contributed by atoms with Crippen LogP contribution in [0, 0.1) is 11.6 Å². The average molecular weight is 473 g/mol. The molecule has 0 aliphatic heterocycles. The Hall–Kier alpha value is -3.95. The molecule has 0 saturated carbocycles. The lowest BCUT2D eigenvalue weighted by Gasteiger charge is -2.21. The summed E-state index contributed by atoms with van der Waals surface area (Å²) in [7, 11) is 1.68. The standard InChI is InChI=1S/C24H25F2N3O5/c1-5-28(4)22-10-21-15(8-18(22)26)23(31)16(24(32)33-6-2)11-29(21)20-9-19(27)17(25)7-14(20)12-34-13(3)30/h7-11H,5-6,12,27H2,1-4H3. The average Bonchev–Trinajstić information content (AvgIpc) is 2.79. The van der Waals surface area contributed by atoms with Crippen LogP contribution in [0.2, 0.25) is 0 Å². The smallest absolute Gasteiger partial charge is 0.343 e. The van der Waals surface area contributed by atoms with E-state index in [2.05, 4.69) is 0 Å². The summed E-state index contributed by atoms with van der Waals surface area (Å²) in [6.07, 6.45) is 1.24. The van der Waals surface area contributed by atoms with Crippen molar-refractivity contribution in [1.29, 1.82) is 0 Å². The molecule has 8 nitrogen and oxygen atoms in total. The number of nitrogens with zero attached hydrogens (tertiary/aromatic N) is 2. The van der Waals surface area contributed by atoms with Crippen molar-refractivity contribution in [3.63, 3.8) is 0 Å². The van der Waals surface area contributed by atoms with Crippen molar-refractivity contribution in [1.82, 2.24) is 4.57 Å². The molecular weight excluding hydrogens is 448 g/mol. The third-order valence-electron chi connectivity index (χ3n) is 5.34. The van der Waals surface area contributed by atoms with Gasteiger partial charge in [0.25, 0.3) is 0 Å². The van der Waals surface area contributed by atoms with Crippen LogP contribution in [-0.2, 0) is 20.9 Å². The van der Waals surface area contributed by atoms with E-state index in [-0.39, 0.29) is 52.3 Å². The van der Waals surface area contributed by atoms with E-state index >= 15 is 0 Å². The second-order valence-corrected chi connectivity index (χ2v) is 7.58. The van der Waals surface area contributed by atoms with Gasteiger partial charge in [-0.3, -0.25) is 9.59 Å². The Morgan fingerprint density at radius 2 is 1.79 bits per heavy atom. The highest BCUT2D eigenvalue weighted by molar-refractivity contribution is 5.95. The van der Waals surface area contributed by atoms with Crippen molar-refractivity contribution in [2.24, 2.45) is 0 Å². The van der Waals surface area contributed by atoms with E-state index in [1.807, 2.05) is 6.92 Å². The van der Waals surface area contributed by atoms with E-state index in [1.165, 1.54) is 29.8 Å². The molecule has 0 atom stereocenters. The Labute approximate surface area is 194 Å². The molecule has 2 aromatic carbocycles. The molecule has 0 aliphatic rings. The monoisotopic (exact) mass is 473 g/mol. The number of carbonyl (C=O) groups is 2. The maximum absolute atomic E-state index is 14.9. The molecule has 0 unspecified atom stereocenters. The van der Waals surface area contributed by atoms with E-state index in [0.29, 0.717) is 6.54 Å². The van der Waals surface area contributed by atoms with Crippen LogP contribution in [0.5, 0.6) is 0 Å². The normalized spacial score (nSPS) is 10.9. The zero-order chi connectivity index (χ0) is 25.2. The van der Waals surface area contributed by atoms with Crippen molar-refractivity contribution in [3.05, 3.63) is 63.4 Å². The van der Waals surface area contributed by atoms with Crippen LogP contribution in [0.3, 0.4) is 0 Å². The first kappa shape index (κ1) is 24.7. The number of rotatable bonds is 7. The number of nitrogen functional groups attached to an aromatic ring is 1. The van der Waals surface area contributed by atoms with Crippen LogP contribution in [0.15, 0.2) is 35.3 Å². The zero-order valence-electron chi connectivity index (χ0n) is 19.3. The number of aromatic nitrogens is 1. The molecular formula is C24H25F2N3O5. The molecule has 0 amide bonds. The summed E-state index contributed by atoms with van der Waals surface area (Å²) in [5, 5.41) is -0.0855. The SMILES string of the molecule is CCOC(=O)c1cn(-c2cc(N)c(F)cc2COC(C)=O)c2cc(N(C)CC)c(F)cc2c1=O. The summed E-state index contributed by atoms with van der Waals surface area (Å²) in [6, 6.07) is 4.90. The molecule has 2 N–H and O–H groups in total. The van der Waals surface area contributed by atoms with Crippen LogP contribution in [0.1, 0.15) is 36.7 Å². The topological polar surface area (TPSA) is 104 Å². The maximum Gasteiger partial charge on any atom is 0.343 e. The first-order chi connectivity index (χ1) is 16.1. The number of hydrogen-bond acceptors (Lipinski definition) is 7. The number of halogens is 2. The number of esters is 2. The summed E-state index contributed by atoms with van der Waals surface area (Å²) in [5.74, 6) is -2.87. The molecule has 10 heteroatoms. The van der Waals surface area contributed by atoms with Crippen LogP contribution in [0.4, 0.5) is 20.2 Å². The van der Waals surface area contributed by atoms with Gasteiger partial charge in [0.1, 0.15) is 23.8 Å². The molecule has 0 saturated heterocycles. The highest BCUT2D eigenvalue weighted by atomic mass is 19.1. The van der Waals surface area contributed by atoms with Crippen molar-refractivity contribution in [2.45, 2.75) is 27.4 Å². The first-order valence-electron chi connectivity index (χ1n) is 10.6. The van der Waals surface area contributed by atoms with Crippen molar-refractivity contribution in [3.8, 4) is 5.69 Å². The molecule has 3 rings (SSSR count). The van der Waals surface area contributed by atoms with Crippen LogP contribution in [-0.4, -0.2) is 36.7 Å². The number of benzene rings is 2. The number of anilines is 2. The summed E-state index contributed by atoms with van der Waals surface area (Å²) >= 11 is 0. The lowest BCUT2D eigenvalue weighted by atomic mass is 10.1. The first-order valence-corrected chi connectivity index (χ1v) is 10.6. The van der Waals surface area contributed by atoms with Gasteiger partial charge in [0.05, 0.1) is 29.2 Å². The Morgan fingerprint density at radius 3 is 2.41 bits per heavy atom. The minimum atomic E-state index is -0.894. The minimum absolute atomic E-state index is 0.0199. The number of carbonyl (C=O) groups excluding carboxylic acids is 2. The van der Waals surface area contributed by atoms with Gasteiger partial charge in [-0.15, -0.1) is 0 Å². The van der Waals surface area contributed by atoms with Gasteiger partial charge in [-0.1, -0.05) is 0 Å². The Morgan fingerprint density at radius 1 is 1.09 bits per heavy atom. The maximum atomic E-state index is 14.9. The number of hydrogen-bond donors (Lipinski definition) is 1. The molecule has 0 bridgehead atoms. The fraction of sp³-hybridized carbons (Fsp3) is 0.292. The molecule has 0 aliphatic carbocycles. The van der Waals surface area contributed by atoms with Crippen molar-refractivity contribution >= 4 is 34.2 Å². The molecule has 180 valence electrons. The van der Waals surface area contributed by atoms with Crippen LogP contribution in [0.25, 0.3) is 16.6 Å². The lowest BCUT2D eigenvalue weighted by Crippen LogP contribution is -2.22. The lowest BCUT2D eigenvalue weighted by molar-refractivity contribution is -0.142. The van der Waals surface area contributed by atoms with E-state index in [4.69, 9.17) is 15.2 Å². The third-order valence-corrected chi connectivity index (χ3v) is 5.34. The summed E-state index contributed by atoms with van der Waals surface area (Å²) in [5.41, 5.74) is 5.46. The van der Waals surface area contributed by atoms with E-state index in [1.54, 1.807) is 18.9 Å². The Bertz CT molecular complexity index is 1340. The van der Waals surface area contributed by atoms with Gasteiger partial charge < -0.3 is 24.7 Å². The number of pyridine rings is 1. The van der Waals surface area contributed by atoms with Crippen LogP contribution >= 0.6 is 0 Å². The highest BCUT2D eigenvalue weighted by Crippen LogP contribution is 2.29. The molecule has 1 heterocycles. The van der Waals surface area contributed by atoms with Gasteiger partial charge in [0.15, 0.2) is 0 Å². The molecule has 3 aromatic rings. The summed E-state index contributed by atoms with van der Waals surface area (Å²) in [4.78, 5) is 38.7. The van der Waals surface area contributed by atoms with E-state index in [9.17, 15) is 23.2 Å². The Kier molecular flexibility index (Phi) is 7.19. The van der Waals surface area contributed by atoms with Gasteiger partial charge in [-0.25, -0.2) is 13.6 Å². The largest absolute Gasteiger partial charge is 0.462 e. The number of ether oxygens (including phenoxy) is 2. The second kappa shape index (κ2) is 9.90. The van der Waals surface area contributed by atoms with Crippen molar-refractivity contribution in [2.75, 3.05) is 30.8 Å². The molecule has 0 radical (unpaired) electrons. The van der Waals surface area contributed by atoms with Gasteiger partial charge >= 0.3 is 11.9 Å².